The smallest absolute Gasteiger partial charge is 0.254 e. The van der Waals surface area contributed by atoms with Gasteiger partial charge in [0, 0.05) is 23.4 Å². The normalized spacial score (nSPS) is 33.1. The van der Waals surface area contributed by atoms with Crippen LogP contribution >= 0.6 is 11.6 Å². The molecule has 1 atom stereocenters. The summed E-state index contributed by atoms with van der Waals surface area (Å²) < 4.78 is 18.7. The van der Waals surface area contributed by atoms with Gasteiger partial charge in [0.2, 0.25) is 0 Å². The van der Waals surface area contributed by atoms with Crippen molar-refractivity contribution >= 4 is 17.7 Å². The largest absolute Gasteiger partial charge is 0.501 e. The van der Waals surface area contributed by atoms with Crippen molar-refractivity contribution in [2.75, 3.05) is 20.7 Å². The first kappa shape index (κ1) is 20.9. The summed E-state index contributed by atoms with van der Waals surface area (Å²) in [6, 6.07) is 0. The van der Waals surface area contributed by atoms with Gasteiger partial charge >= 0.3 is 0 Å². The molecule has 3 aliphatic carbocycles. The van der Waals surface area contributed by atoms with Crippen LogP contribution in [0.3, 0.4) is 0 Å². The molecule has 4 nitrogen and oxygen atoms in total. The number of hydrogen-bond donors (Lipinski definition) is 0. The fourth-order valence-electron chi connectivity index (χ4n) is 5.70. The molecule has 0 radical (unpaired) electrons. The maximum Gasteiger partial charge on any atom is 0.254 e. The van der Waals surface area contributed by atoms with E-state index in [2.05, 4.69) is 39.8 Å². The number of fused-ring (bicyclic) bond motifs is 4. The van der Waals surface area contributed by atoms with Crippen molar-refractivity contribution in [1.82, 2.24) is 4.90 Å². The molecule has 5 heteroatoms. The lowest BCUT2D eigenvalue weighted by atomic mass is 9.54. The molecule has 0 amide bonds. The molecule has 0 saturated heterocycles. The zero-order chi connectivity index (χ0) is 21.0. The Labute approximate surface area is 180 Å². The standard InChI is InChI=1S/C24H34ClNO3/c1-7-27-15-8-18-16(2)17(3)20-21(19(18)25)29-22(4,28-20)23-9-12-24(13-10-23,14-11-23)26(5)6/h8,15H,7,9-14H2,1-6H3/b15-8+. The molecule has 4 aliphatic rings. The minimum absolute atomic E-state index is 0.0365. The fraction of sp³-hybridized carbons (Fsp3) is 0.667. The van der Waals surface area contributed by atoms with Crippen LogP contribution in [0.2, 0.25) is 5.02 Å². The third kappa shape index (κ3) is 2.97. The number of ether oxygens (including phenoxy) is 3. The summed E-state index contributed by atoms with van der Waals surface area (Å²) in [4.78, 5) is 2.44. The van der Waals surface area contributed by atoms with Crippen LogP contribution in [0.15, 0.2) is 6.26 Å². The average Bonchev–Trinajstić information content (AvgIpc) is 3.10. The Morgan fingerprint density at radius 2 is 1.59 bits per heavy atom. The van der Waals surface area contributed by atoms with Crippen molar-refractivity contribution in [3.63, 3.8) is 0 Å². The Hall–Kier alpha value is -1.39. The maximum atomic E-state index is 6.82. The minimum Gasteiger partial charge on any atom is -0.501 e. The fourth-order valence-corrected chi connectivity index (χ4v) is 6.03. The van der Waals surface area contributed by atoms with Crippen LogP contribution in [0.5, 0.6) is 11.5 Å². The monoisotopic (exact) mass is 419 g/mol. The van der Waals surface area contributed by atoms with Crippen molar-refractivity contribution in [2.45, 2.75) is 77.5 Å². The first-order valence-electron chi connectivity index (χ1n) is 10.8. The van der Waals surface area contributed by atoms with Crippen LogP contribution in [-0.2, 0) is 4.74 Å². The molecule has 160 valence electrons. The second kappa shape index (κ2) is 7.09. The highest BCUT2D eigenvalue weighted by Crippen LogP contribution is 2.63. The van der Waals surface area contributed by atoms with Gasteiger partial charge < -0.3 is 19.1 Å². The van der Waals surface area contributed by atoms with Gasteiger partial charge in [0.05, 0.1) is 17.9 Å². The van der Waals surface area contributed by atoms with Gasteiger partial charge in [-0.15, -0.1) is 0 Å². The molecule has 3 fully saturated rings. The zero-order valence-electron chi connectivity index (χ0n) is 18.7. The summed E-state index contributed by atoms with van der Waals surface area (Å²) in [6.45, 7) is 8.90. The lowest BCUT2D eigenvalue weighted by Gasteiger charge is -2.59. The Kier molecular flexibility index (Phi) is 5.10. The van der Waals surface area contributed by atoms with E-state index in [9.17, 15) is 0 Å². The quantitative estimate of drug-likeness (QED) is 0.539. The minimum atomic E-state index is -0.669. The Morgan fingerprint density at radius 1 is 1.00 bits per heavy atom. The molecule has 29 heavy (non-hydrogen) atoms. The third-order valence-corrected chi connectivity index (χ3v) is 8.53. The molecule has 3 saturated carbocycles. The lowest BCUT2D eigenvalue weighted by molar-refractivity contribution is -0.211. The van der Waals surface area contributed by atoms with E-state index in [1.165, 1.54) is 19.3 Å². The molecule has 0 aromatic heterocycles. The van der Waals surface area contributed by atoms with E-state index >= 15 is 0 Å². The summed E-state index contributed by atoms with van der Waals surface area (Å²) in [5.74, 6) is 0.836. The molecule has 2 bridgehead atoms. The first-order chi connectivity index (χ1) is 13.7. The molecule has 1 aliphatic heterocycles. The van der Waals surface area contributed by atoms with E-state index in [4.69, 9.17) is 25.8 Å². The van der Waals surface area contributed by atoms with Crippen molar-refractivity contribution in [2.24, 2.45) is 5.41 Å². The van der Waals surface area contributed by atoms with E-state index in [0.29, 0.717) is 22.9 Å². The Morgan fingerprint density at radius 3 is 2.14 bits per heavy atom. The van der Waals surface area contributed by atoms with Crippen LogP contribution in [0.1, 0.15) is 69.1 Å². The molecule has 1 aromatic carbocycles. The third-order valence-electron chi connectivity index (χ3n) is 8.16. The van der Waals surface area contributed by atoms with Gasteiger partial charge in [-0.3, -0.25) is 0 Å². The first-order valence-corrected chi connectivity index (χ1v) is 11.2. The number of nitrogens with zero attached hydrogens (tertiary/aromatic N) is 1. The molecule has 1 aromatic rings. The number of rotatable bonds is 5. The number of benzene rings is 1. The predicted molar refractivity (Wildman–Crippen MR) is 118 cm³/mol. The molecular formula is C24H34ClNO3. The Bertz CT molecular complexity index is 823. The molecule has 0 spiro atoms. The Balaban J connectivity index is 1.67. The van der Waals surface area contributed by atoms with E-state index in [-0.39, 0.29) is 5.41 Å². The van der Waals surface area contributed by atoms with E-state index in [1.54, 1.807) is 6.26 Å². The summed E-state index contributed by atoms with van der Waals surface area (Å²) in [6.07, 6.45) is 10.6. The summed E-state index contributed by atoms with van der Waals surface area (Å²) in [5, 5.41) is 0.619. The SMILES string of the molecule is CCO/C=C/c1c(C)c(C)c2c(c1Cl)OC(C)(C13CCC(N(C)C)(CC1)CC3)O2. The van der Waals surface area contributed by atoms with Gasteiger partial charge in [-0.1, -0.05) is 11.6 Å². The van der Waals surface area contributed by atoms with Crippen LogP contribution in [0, 0.1) is 19.3 Å². The molecular weight excluding hydrogens is 386 g/mol. The topological polar surface area (TPSA) is 30.9 Å². The van der Waals surface area contributed by atoms with Gasteiger partial charge in [-0.25, -0.2) is 0 Å². The summed E-state index contributed by atoms with van der Waals surface area (Å²) in [5.41, 5.74) is 3.53. The highest BCUT2D eigenvalue weighted by Gasteiger charge is 2.62. The number of hydrogen-bond acceptors (Lipinski definition) is 4. The van der Waals surface area contributed by atoms with Gasteiger partial charge in [0.25, 0.3) is 5.79 Å². The van der Waals surface area contributed by atoms with E-state index in [1.807, 2.05) is 13.0 Å². The van der Waals surface area contributed by atoms with Crippen LogP contribution in [-0.4, -0.2) is 36.9 Å². The molecule has 1 unspecified atom stereocenters. The van der Waals surface area contributed by atoms with Crippen LogP contribution in [0.25, 0.3) is 6.08 Å². The van der Waals surface area contributed by atoms with Crippen LogP contribution in [0.4, 0.5) is 0 Å². The second-order valence-corrected chi connectivity index (χ2v) is 9.82. The number of halogens is 1. The van der Waals surface area contributed by atoms with Gasteiger partial charge in [0.15, 0.2) is 11.5 Å². The highest BCUT2D eigenvalue weighted by atomic mass is 35.5. The average molecular weight is 420 g/mol. The molecule has 5 rings (SSSR count). The van der Waals surface area contributed by atoms with Crippen molar-refractivity contribution in [1.29, 1.82) is 0 Å². The van der Waals surface area contributed by atoms with Gasteiger partial charge in [-0.05, 0) is 90.6 Å². The van der Waals surface area contributed by atoms with E-state index in [0.717, 1.165) is 41.7 Å². The summed E-state index contributed by atoms with van der Waals surface area (Å²) in [7, 11) is 4.45. The summed E-state index contributed by atoms with van der Waals surface area (Å²) >= 11 is 6.82. The van der Waals surface area contributed by atoms with Crippen molar-refractivity contribution in [3.05, 3.63) is 28.0 Å². The van der Waals surface area contributed by atoms with Gasteiger partial charge in [-0.2, -0.15) is 0 Å². The lowest BCUT2D eigenvalue weighted by Crippen LogP contribution is -2.62. The second-order valence-electron chi connectivity index (χ2n) is 9.44. The van der Waals surface area contributed by atoms with Crippen molar-refractivity contribution in [3.8, 4) is 11.5 Å². The zero-order valence-corrected chi connectivity index (χ0v) is 19.4. The van der Waals surface area contributed by atoms with E-state index < -0.39 is 5.79 Å². The maximum absolute atomic E-state index is 6.82. The predicted octanol–water partition coefficient (Wildman–Crippen LogP) is 6.11. The van der Waals surface area contributed by atoms with Gasteiger partial charge in [0.1, 0.15) is 0 Å². The van der Waals surface area contributed by atoms with Crippen LogP contribution < -0.4 is 9.47 Å². The molecule has 0 N–H and O–H groups in total. The van der Waals surface area contributed by atoms with Crippen molar-refractivity contribution < 1.29 is 14.2 Å². The highest BCUT2D eigenvalue weighted by molar-refractivity contribution is 6.34. The molecule has 1 heterocycles.